The van der Waals surface area contributed by atoms with Gasteiger partial charge < -0.3 is 9.64 Å². The SMILES string of the molecule is CCCCN(C)C(=O)n1c([S@@](=O)Cc2nccc(OCC(F)(F)F)c2C)nc2ccccc21. The van der Waals surface area contributed by atoms with Crippen LogP contribution in [0.1, 0.15) is 31.0 Å². The van der Waals surface area contributed by atoms with E-state index in [4.69, 9.17) is 4.74 Å². The van der Waals surface area contributed by atoms with Crippen LogP contribution in [0.25, 0.3) is 11.0 Å². The lowest BCUT2D eigenvalue weighted by Gasteiger charge is -2.18. The number of ether oxygens (including phenoxy) is 1. The molecule has 7 nitrogen and oxygen atoms in total. The van der Waals surface area contributed by atoms with Crippen LogP contribution in [0, 0.1) is 6.92 Å². The van der Waals surface area contributed by atoms with E-state index in [0.717, 1.165) is 12.8 Å². The lowest BCUT2D eigenvalue weighted by atomic mass is 10.2. The van der Waals surface area contributed by atoms with Gasteiger partial charge in [0.2, 0.25) is 5.16 Å². The summed E-state index contributed by atoms with van der Waals surface area (Å²) < 4.78 is 57.1. The molecule has 2 aromatic heterocycles. The van der Waals surface area contributed by atoms with Crippen LogP contribution in [0.15, 0.2) is 41.7 Å². The normalized spacial score (nSPS) is 12.7. The van der Waals surface area contributed by atoms with Gasteiger partial charge in [0.05, 0.1) is 33.3 Å². The lowest BCUT2D eigenvalue weighted by molar-refractivity contribution is -0.153. The predicted octanol–water partition coefficient (Wildman–Crippen LogP) is 4.69. The van der Waals surface area contributed by atoms with Crippen molar-refractivity contribution in [2.75, 3.05) is 20.2 Å². The Kier molecular flexibility index (Phi) is 7.72. The smallest absolute Gasteiger partial charge is 0.422 e. The molecule has 0 saturated carbocycles. The van der Waals surface area contributed by atoms with Crippen LogP contribution in [-0.2, 0) is 16.6 Å². The van der Waals surface area contributed by atoms with Gasteiger partial charge in [-0.25, -0.2) is 14.3 Å². The summed E-state index contributed by atoms with van der Waals surface area (Å²) in [6.07, 6.45) is -1.44. The third-order valence-electron chi connectivity index (χ3n) is 5.02. The van der Waals surface area contributed by atoms with Crippen molar-refractivity contribution >= 4 is 27.9 Å². The van der Waals surface area contributed by atoms with Crippen LogP contribution in [0.4, 0.5) is 18.0 Å². The minimum Gasteiger partial charge on any atom is -0.484 e. The van der Waals surface area contributed by atoms with E-state index in [1.165, 1.54) is 16.8 Å². The minimum atomic E-state index is -4.48. The van der Waals surface area contributed by atoms with Gasteiger partial charge in [-0.3, -0.25) is 9.19 Å². The zero-order valence-electron chi connectivity index (χ0n) is 18.6. The maximum absolute atomic E-state index is 13.3. The van der Waals surface area contributed by atoms with Crippen LogP contribution < -0.4 is 4.74 Å². The number of carbonyl (C=O) groups is 1. The Morgan fingerprint density at radius 3 is 2.67 bits per heavy atom. The number of benzene rings is 1. The molecule has 1 amide bonds. The number of nitrogens with zero attached hydrogens (tertiary/aromatic N) is 4. The summed E-state index contributed by atoms with van der Waals surface area (Å²) >= 11 is 0. The van der Waals surface area contributed by atoms with Gasteiger partial charge in [0.25, 0.3) is 0 Å². The number of unbranched alkanes of at least 4 members (excludes halogenated alkanes) is 1. The van der Waals surface area contributed by atoms with Crippen molar-refractivity contribution in [1.82, 2.24) is 19.4 Å². The summed E-state index contributed by atoms with van der Waals surface area (Å²) in [4.78, 5) is 23.3. The number of rotatable bonds is 8. The molecule has 3 aromatic rings. The van der Waals surface area contributed by atoms with Gasteiger partial charge in [-0.05, 0) is 31.5 Å². The van der Waals surface area contributed by atoms with Crippen molar-refractivity contribution in [2.45, 2.75) is 43.8 Å². The van der Waals surface area contributed by atoms with Crippen molar-refractivity contribution < 1.29 is 26.9 Å². The Bertz CT molecular complexity index is 1160. The molecule has 0 aliphatic heterocycles. The zero-order chi connectivity index (χ0) is 24.2. The molecule has 0 aliphatic carbocycles. The molecule has 0 unspecified atom stereocenters. The van der Waals surface area contributed by atoms with Crippen LogP contribution in [-0.4, -0.2) is 56.1 Å². The van der Waals surface area contributed by atoms with Crippen LogP contribution in [0.3, 0.4) is 0 Å². The fraction of sp³-hybridized carbons (Fsp3) is 0.409. The van der Waals surface area contributed by atoms with E-state index >= 15 is 0 Å². The summed E-state index contributed by atoms with van der Waals surface area (Å²) in [5.74, 6) is -0.122. The molecule has 0 spiro atoms. The largest absolute Gasteiger partial charge is 0.484 e. The molecule has 178 valence electrons. The van der Waals surface area contributed by atoms with Gasteiger partial charge in [-0.15, -0.1) is 0 Å². The maximum Gasteiger partial charge on any atom is 0.422 e. The first-order valence-corrected chi connectivity index (χ1v) is 11.7. The van der Waals surface area contributed by atoms with E-state index in [0.29, 0.717) is 28.8 Å². The summed E-state index contributed by atoms with van der Waals surface area (Å²) in [7, 11) is -0.124. The summed E-state index contributed by atoms with van der Waals surface area (Å²) in [6, 6.07) is 7.96. The molecule has 1 aromatic carbocycles. The molecule has 11 heteroatoms. The van der Waals surface area contributed by atoms with E-state index in [2.05, 4.69) is 9.97 Å². The number of fused-ring (bicyclic) bond motifs is 1. The van der Waals surface area contributed by atoms with Gasteiger partial charge in [0.15, 0.2) is 6.61 Å². The highest BCUT2D eigenvalue weighted by Gasteiger charge is 2.29. The second-order valence-electron chi connectivity index (χ2n) is 7.55. The van der Waals surface area contributed by atoms with Gasteiger partial charge in [-0.2, -0.15) is 13.2 Å². The summed E-state index contributed by atoms with van der Waals surface area (Å²) in [6.45, 7) is 2.67. The quantitative estimate of drug-likeness (QED) is 0.466. The number of carbonyl (C=O) groups excluding carboxylic acids is 1. The number of pyridine rings is 1. The number of aromatic nitrogens is 3. The molecule has 0 bridgehead atoms. The number of halogens is 3. The van der Waals surface area contributed by atoms with Gasteiger partial charge >= 0.3 is 12.2 Å². The molecular weight excluding hydrogens is 457 g/mol. The van der Waals surface area contributed by atoms with Crippen LogP contribution in [0.5, 0.6) is 5.75 Å². The number of para-hydroxylation sites is 2. The second kappa shape index (κ2) is 10.3. The fourth-order valence-corrected chi connectivity index (χ4v) is 4.46. The third kappa shape index (κ3) is 5.89. The third-order valence-corrected chi connectivity index (χ3v) is 6.23. The molecule has 0 N–H and O–H groups in total. The first-order chi connectivity index (χ1) is 15.6. The van der Waals surface area contributed by atoms with E-state index < -0.39 is 23.6 Å². The topological polar surface area (TPSA) is 77.3 Å². The van der Waals surface area contributed by atoms with Crippen molar-refractivity contribution in [3.63, 3.8) is 0 Å². The first kappa shape index (κ1) is 24.7. The molecule has 3 rings (SSSR count). The fourth-order valence-electron chi connectivity index (χ4n) is 3.21. The first-order valence-electron chi connectivity index (χ1n) is 10.4. The number of alkyl halides is 3. The molecule has 2 heterocycles. The molecular formula is C22H25F3N4O3S. The summed E-state index contributed by atoms with van der Waals surface area (Å²) in [5, 5.41) is 0.0624. The average molecular weight is 483 g/mol. The van der Waals surface area contributed by atoms with E-state index in [1.54, 1.807) is 43.1 Å². The van der Waals surface area contributed by atoms with E-state index in [1.807, 2.05) is 6.92 Å². The average Bonchev–Trinajstić information content (AvgIpc) is 3.16. The highest BCUT2D eigenvalue weighted by Crippen LogP contribution is 2.26. The van der Waals surface area contributed by atoms with Crippen molar-refractivity contribution in [1.29, 1.82) is 0 Å². The second-order valence-corrected chi connectivity index (χ2v) is 8.90. The number of amides is 1. The Balaban J connectivity index is 1.93. The lowest BCUT2D eigenvalue weighted by Crippen LogP contribution is -2.33. The van der Waals surface area contributed by atoms with Crippen LogP contribution >= 0.6 is 0 Å². The number of hydrogen-bond acceptors (Lipinski definition) is 5. The molecule has 33 heavy (non-hydrogen) atoms. The number of imidazole rings is 1. The highest BCUT2D eigenvalue weighted by molar-refractivity contribution is 7.84. The molecule has 0 aliphatic rings. The Morgan fingerprint density at radius 1 is 1.24 bits per heavy atom. The maximum atomic E-state index is 13.3. The van der Waals surface area contributed by atoms with Gasteiger partial charge in [-0.1, -0.05) is 25.5 Å². The monoisotopic (exact) mass is 482 g/mol. The van der Waals surface area contributed by atoms with Crippen molar-refractivity contribution in [3.05, 3.63) is 47.8 Å². The predicted molar refractivity (Wildman–Crippen MR) is 119 cm³/mol. The molecule has 1 atom stereocenters. The molecule has 0 radical (unpaired) electrons. The van der Waals surface area contributed by atoms with E-state index in [9.17, 15) is 22.2 Å². The Labute approximate surface area is 192 Å². The van der Waals surface area contributed by atoms with Gasteiger partial charge in [0, 0.05) is 25.4 Å². The molecule has 0 saturated heterocycles. The van der Waals surface area contributed by atoms with Crippen LogP contribution in [0.2, 0.25) is 0 Å². The Hall–Kier alpha value is -2.95. The Morgan fingerprint density at radius 2 is 1.97 bits per heavy atom. The van der Waals surface area contributed by atoms with Crippen molar-refractivity contribution in [2.24, 2.45) is 0 Å². The van der Waals surface area contributed by atoms with E-state index in [-0.39, 0.29) is 22.7 Å². The van der Waals surface area contributed by atoms with Crippen molar-refractivity contribution in [3.8, 4) is 5.75 Å². The summed E-state index contributed by atoms with van der Waals surface area (Å²) in [5.41, 5.74) is 1.70. The zero-order valence-corrected chi connectivity index (χ0v) is 19.4. The minimum absolute atomic E-state index is 0.0122. The standard InChI is InChI=1S/C22H25F3N4O3S/c1-4-5-12-28(3)21(30)29-18-9-7-6-8-16(18)27-20(29)33(31)13-17-15(2)19(10-11-26-17)32-14-22(23,24)25/h6-11H,4-5,12-14H2,1-3H3/t33-/m0/s1. The molecule has 0 fully saturated rings. The van der Waals surface area contributed by atoms with Gasteiger partial charge in [0.1, 0.15) is 5.75 Å². The highest BCUT2D eigenvalue weighted by atomic mass is 32.2. The number of hydrogen-bond donors (Lipinski definition) is 0.